The predicted octanol–water partition coefficient (Wildman–Crippen LogP) is 3.27. The minimum Gasteiger partial charge on any atom is -0.492 e. The van der Waals surface area contributed by atoms with Gasteiger partial charge in [-0.05, 0) is 30.7 Å². The van der Waals surface area contributed by atoms with Crippen molar-refractivity contribution in [2.45, 2.75) is 26.7 Å². The molecule has 100 valence electrons. The zero-order valence-electron chi connectivity index (χ0n) is 10.9. The van der Waals surface area contributed by atoms with Crippen LogP contribution in [0.3, 0.4) is 0 Å². The van der Waals surface area contributed by atoms with Crippen molar-refractivity contribution in [2.75, 3.05) is 13.2 Å². The minimum atomic E-state index is 0.0746. The van der Waals surface area contributed by atoms with Gasteiger partial charge in [0.2, 0.25) is 5.91 Å². The number of halogens is 1. The van der Waals surface area contributed by atoms with Crippen LogP contribution in [-0.2, 0) is 4.79 Å². The molecule has 3 nitrogen and oxygen atoms in total. The molecule has 0 aliphatic rings. The zero-order valence-corrected chi connectivity index (χ0v) is 11.7. The summed E-state index contributed by atoms with van der Waals surface area (Å²) in [6.07, 6.45) is 1.94. The third-order valence-corrected chi connectivity index (χ3v) is 2.90. The monoisotopic (exact) mass is 269 g/mol. The molecule has 1 atom stereocenters. The summed E-state index contributed by atoms with van der Waals surface area (Å²) in [7, 11) is 0. The van der Waals surface area contributed by atoms with Crippen molar-refractivity contribution in [3.8, 4) is 5.75 Å². The molecule has 0 saturated heterocycles. The number of ether oxygens (including phenoxy) is 1. The molecule has 0 aliphatic heterocycles. The van der Waals surface area contributed by atoms with Gasteiger partial charge in [0.1, 0.15) is 12.4 Å². The highest BCUT2D eigenvalue weighted by Gasteiger charge is 2.10. The zero-order chi connectivity index (χ0) is 13.4. The molecule has 0 aromatic heterocycles. The maximum atomic E-state index is 11.6. The van der Waals surface area contributed by atoms with Gasteiger partial charge < -0.3 is 10.1 Å². The smallest absolute Gasteiger partial charge is 0.222 e. The van der Waals surface area contributed by atoms with Crippen LogP contribution >= 0.6 is 11.6 Å². The molecule has 0 radical (unpaired) electrons. The SMILES string of the molecule is CCCC(C)C(=O)NCCOc1ccc(Cl)cc1. The summed E-state index contributed by atoms with van der Waals surface area (Å²) in [6.45, 7) is 5.01. The van der Waals surface area contributed by atoms with E-state index >= 15 is 0 Å². The highest BCUT2D eigenvalue weighted by molar-refractivity contribution is 6.30. The Morgan fingerprint density at radius 3 is 2.67 bits per heavy atom. The van der Waals surface area contributed by atoms with Gasteiger partial charge in [-0.25, -0.2) is 0 Å². The number of rotatable bonds is 7. The Kier molecular flexibility index (Phi) is 6.58. The van der Waals surface area contributed by atoms with Crippen molar-refractivity contribution < 1.29 is 9.53 Å². The van der Waals surface area contributed by atoms with Gasteiger partial charge in [-0.3, -0.25) is 4.79 Å². The fraction of sp³-hybridized carbons (Fsp3) is 0.500. The summed E-state index contributed by atoms with van der Waals surface area (Å²) >= 11 is 5.77. The number of nitrogens with one attached hydrogen (secondary N) is 1. The summed E-state index contributed by atoms with van der Waals surface area (Å²) in [5, 5.41) is 3.54. The molecule has 1 amide bonds. The maximum absolute atomic E-state index is 11.6. The third-order valence-electron chi connectivity index (χ3n) is 2.65. The van der Waals surface area contributed by atoms with E-state index in [-0.39, 0.29) is 11.8 Å². The van der Waals surface area contributed by atoms with Crippen LogP contribution in [0.5, 0.6) is 5.75 Å². The van der Waals surface area contributed by atoms with Crippen molar-refractivity contribution >= 4 is 17.5 Å². The Bertz CT molecular complexity index is 365. The molecular formula is C14H20ClNO2. The predicted molar refractivity (Wildman–Crippen MR) is 74.0 cm³/mol. The molecule has 1 aromatic rings. The molecule has 4 heteroatoms. The molecule has 1 unspecified atom stereocenters. The molecule has 1 N–H and O–H groups in total. The molecule has 0 aliphatic carbocycles. The lowest BCUT2D eigenvalue weighted by atomic mass is 10.1. The number of hydrogen-bond acceptors (Lipinski definition) is 2. The average Bonchev–Trinajstić information content (AvgIpc) is 2.36. The van der Waals surface area contributed by atoms with Crippen LogP contribution in [0.4, 0.5) is 0 Å². The highest BCUT2D eigenvalue weighted by Crippen LogP contribution is 2.15. The number of carbonyl (C=O) groups is 1. The Morgan fingerprint density at radius 1 is 1.39 bits per heavy atom. The summed E-state index contributed by atoms with van der Waals surface area (Å²) in [4.78, 5) is 11.6. The topological polar surface area (TPSA) is 38.3 Å². The molecular weight excluding hydrogens is 250 g/mol. The largest absolute Gasteiger partial charge is 0.492 e. The van der Waals surface area contributed by atoms with Gasteiger partial charge in [0.25, 0.3) is 0 Å². The van der Waals surface area contributed by atoms with Crippen molar-refractivity contribution in [2.24, 2.45) is 5.92 Å². The van der Waals surface area contributed by atoms with Gasteiger partial charge in [-0.2, -0.15) is 0 Å². The van der Waals surface area contributed by atoms with E-state index in [1.54, 1.807) is 12.1 Å². The van der Waals surface area contributed by atoms with Gasteiger partial charge in [0.15, 0.2) is 0 Å². The second-order valence-electron chi connectivity index (χ2n) is 4.28. The highest BCUT2D eigenvalue weighted by atomic mass is 35.5. The van der Waals surface area contributed by atoms with Crippen LogP contribution in [0.2, 0.25) is 5.02 Å². The van der Waals surface area contributed by atoms with Crippen LogP contribution in [0.15, 0.2) is 24.3 Å². The van der Waals surface area contributed by atoms with Crippen LogP contribution in [0, 0.1) is 5.92 Å². The summed E-state index contributed by atoms with van der Waals surface area (Å²) in [5.41, 5.74) is 0. The van der Waals surface area contributed by atoms with Gasteiger partial charge >= 0.3 is 0 Å². The first-order valence-electron chi connectivity index (χ1n) is 6.29. The molecule has 1 rings (SSSR count). The lowest BCUT2D eigenvalue weighted by Crippen LogP contribution is -2.32. The van der Waals surface area contributed by atoms with Crippen molar-refractivity contribution in [1.82, 2.24) is 5.32 Å². The van der Waals surface area contributed by atoms with E-state index in [9.17, 15) is 4.79 Å². The number of carbonyl (C=O) groups excluding carboxylic acids is 1. The van der Waals surface area contributed by atoms with Crippen molar-refractivity contribution in [3.05, 3.63) is 29.3 Å². The second-order valence-corrected chi connectivity index (χ2v) is 4.72. The molecule has 0 bridgehead atoms. The van der Waals surface area contributed by atoms with E-state index in [0.29, 0.717) is 18.2 Å². The van der Waals surface area contributed by atoms with Crippen LogP contribution in [-0.4, -0.2) is 19.1 Å². The van der Waals surface area contributed by atoms with Crippen LogP contribution in [0.25, 0.3) is 0 Å². The number of hydrogen-bond donors (Lipinski definition) is 1. The first-order chi connectivity index (χ1) is 8.63. The lowest BCUT2D eigenvalue weighted by Gasteiger charge is -2.11. The maximum Gasteiger partial charge on any atom is 0.222 e. The molecule has 1 aromatic carbocycles. The van der Waals surface area contributed by atoms with E-state index < -0.39 is 0 Å². The van der Waals surface area contributed by atoms with E-state index in [4.69, 9.17) is 16.3 Å². The molecule has 0 saturated carbocycles. The first-order valence-corrected chi connectivity index (χ1v) is 6.67. The molecule has 0 fully saturated rings. The van der Waals surface area contributed by atoms with Crippen LogP contribution < -0.4 is 10.1 Å². The van der Waals surface area contributed by atoms with E-state index in [2.05, 4.69) is 12.2 Å². The lowest BCUT2D eigenvalue weighted by molar-refractivity contribution is -0.124. The van der Waals surface area contributed by atoms with Gasteiger partial charge in [0, 0.05) is 10.9 Å². The summed E-state index contributed by atoms with van der Waals surface area (Å²) in [6, 6.07) is 7.17. The third kappa shape index (κ3) is 5.41. The number of amides is 1. The van der Waals surface area contributed by atoms with E-state index in [1.165, 1.54) is 0 Å². The second kappa shape index (κ2) is 7.98. The van der Waals surface area contributed by atoms with Crippen molar-refractivity contribution in [1.29, 1.82) is 0 Å². The normalized spacial score (nSPS) is 11.9. The minimum absolute atomic E-state index is 0.0746. The van der Waals surface area contributed by atoms with Gasteiger partial charge in [-0.1, -0.05) is 31.9 Å². The molecule has 0 spiro atoms. The average molecular weight is 270 g/mol. The van der Waals surface area contributed by atoms with Gasteiger partial charge in [-0.15, -0.1) is 0 Å². The first kappa shape index (κ1) is 14.8. The number of benzene rings is 1. The fourth-order valence-corrected chi connectivity index (χ4v) is 1.74. The Balaban J connectivity index is 2.18. The Hall–Kier alpha value is -1.22. The Morgan fingerprint density at radius 2 is 2.06 bits per heavy atom. The molecule has 18 heavy (non-hydrogen) atoms. The van der Waals surface area contributed by atoms with Crippen LogP contribution in [0.1, 0.15) is 26.7 Å². The quantitative estimate of drug-likeness (QED) is 0.772. The van der Waals surface area contributed by atoms with E-state index in [0.717, 1.165) is 18.6 Å². The molecule has 0 heterocycles. The Labute approximate surface area is 113 Å². The van der Waals surface area contributed by atoms with Gasteiger partial charge in [0.05, 0.1) is 6.54 Å². The van der Waals surface area contributed by atoms with E-state index in [1.807, 2.05) is 19.1 Å². The fourth-order valence-electron chi connectivity index (χ4n) is 1.61. The summed E-state index contributed by atoms with van der Waals surface area (Å²) < 4.78 is 5.48. The van der Waals surface area contributed by atoms with Crippen molar-refractivity contribution in [3.63, 3.8) is 0 Å². The standard InChI is InChI=1S/C14H20ClNO2/c1-3-4-11(2)14(17)16-9-10-18-13-7-5-12(15)6-8-13/h5-8,11H,3-4,9-10H2,1-2H3,(H,16,17). The summed E-state index contributed by atoms with van der Waals surface area (Å²) in [5.74, 6) is 0.928.